The van der Waals surface area contributed by atoms with E-state index in [4.69, 9.17) is 21.1 Å². The topological polar surface area (TPSA) is 97.3 Å². The third-order valence-electron chi connectivity index (χ3n) is 4.24. The molecule has 0 radical (unpaired) electrons. The van der Waals surface area contributed by atoms with Gasteiger partial charge in [0.05, 0.1) is 9.90 Å². The monoisotopic (exact) mass is 435 g/mol. The highest BCUT2D eigenvalue weighted by Crippen LogP contribution is 2.49. The molecule has 3 heterocycles. The van der Waals surface area contributed by atoms with Crippen molar-refractivity contribution < 1.29 is 22.7 Å². The Balaban J connectivity index is 2.09. The van der Waals surface area contributed by atoms with Crippen LogP contribution >= 0.6 is 22.9 Å². The van der Waals surface area contributed by atoms with Crippen molar-refractivity contribution in [2.24, 2.45) is 4.99 Å². The second kappa shape index (κ2) is 6.91. The van der Waals surface area contributed by atoms with Crippen LogP contribution in [-0.2, 0) is 25.0 Å². The van der Waals surface area contributed by atoms with Gasteiger partial charge < -0.3 is 9.47 Å². The maximum absolute atomic E-state index is 13.1. The van der Waals surface area contributed by atoms with Crippen molar-refractivity contribution in [1.29, 1.82) is 0 Å². The van der Waals surface area contributed by atoms with Gasteiger partial charge in [0.15, 0.2) is 0 Å². The van der Waals surface area contributed by atoms with Gasteiger partial charge in [-0.1, -0.05) is 11.6 Å². The van der Waals surface area contributed by atoms with E-state index in [-0.39, 0.29) is 5.96 Å². The summed E-state index contributed by atoms with van der Waals surface area (Å²) in [6, 6.07) is 1.70. The summed E-state index contributed by atoms with van der Waals surface area (Å²) in [6.45, 7) is 5.46. The highest BCUT2D eigenvalue weighted by Gasteiger charge is 2.57. The van der Waals surface area contributed by atoms with Crippen LogP contribution in [0.25, 0.3) is 0 Å². The average Bonchev–Trinajstić information content (AvgIpc) is 2.97. The summed E-state index contributed by atoms with van der Waals surface area (Å²) in [7, 11) is -2.62. The fraction of sp³-hybridized carbons (Fsp3) is 0.625. The molecule has 0 aromatic carbocycles. The van der Waals surface area contributed by atoms with E-state index in [0.29, 0.717) is 29.3 Å². The van der Waals surface area contributed by atoms with Gasteiger partial charge >= 0.3 is 6.09 Å². The third-order valence-corrected chi connectivity index (χ3v) is 7.75. The zero-order chi connectivity index (χ0) is 20.0. The molecule has 8 nitrogen and oxygen atoms in total. The molecule has 150 valence electrons. The zero-order valence-electron chi connectivity index (χ0n) is 15.5. The minimum Gasteiger partial charge on any atom is -0.444 e. The number of aliphatic imine (C=N–C) groups is 1. The lowest BCUT2D eigenvalue weighted by atomic mass is 9.91. The Morgan fingerprint density at radius 1 is 1.52 bits per heavy atom. The van der Waals surface area contributed by atoms with Crippen molar-refractivity contribution in [2.45, 2.75) is 50.2 Å². The van der Waals surface area contributed by atoms with Crippen LogP contribution in [0.2, 0.25) is 5.02 Å². The number of guanidine groups is 1. The van der Waals surface area contributed by atoms with Crippen LogP contribution in [0, 0.1) is 0 Å². The van der Waals surface area contributed by atoms with Gasteiger partial charge in [-0.25, -0.2) is 22.5 Å². The van der Waals surface area contributed by atoms with Crippen molar-refractivity contribution >= 4 is 45.0 Å². The van der Waals surface area contributed by atoms with Gasteiger partial charge in [0.25, 0.3) is 10.0 Å². The van der Waals surface area contributed by atoms with Crippen LogP contribution < -0.4 is 5.32 Å². The number of nitrogens with zero attached hydrogens (tertiary/aromatic N) is 2. The molecule has 11 heteroatoms. The van der Waals surface area contributed by atoms with Crippen LogP contribution in [0.4, 0.5) is 4.79 Å². The predicted octanol–water partition coefficient (Wildman–Crippen LogP) is 2.89. The van der Waals surface area contributed by atoms with Crippen LogP contribution in [0.5, 0.6) is 0 Å². The summed E-state index contributed by atoms with van der Waals surface area (Å²) >= 11 is 7.64. The number of sulfonamides is 1. The van der Waals surface area contributed by atoms with Gasteiger partial charge in [0.1, 0.15) is 11.1 Å². The summed E-state index contributed by atoms with van der Waals surface area (Å²) in [5, 5.41) is 4.67. The maximum atomic E-state index is 13.1. The van der Waals surface area contributed by atoms with Crippen LogP contribution in [0.1, 0.15) is 38.5 Å². The van der Waals surface area contributed by atoms with Gasteiger partial charge in [-0.3, -0.25) is 5.32 Å². The molecule has 1 aromatic heterocycles. The smallest absolute Gasteiger partial charge is 0.414 e. The molecule has 1 saturated heterocycles. The number of halogens is 1. The zero-order valence-corrected chi connectivity index (χ0v) is 17.9. The quantitative estimate of drug-likeness (QED) is 0.731. The summed E-state index contributed by atoms with van der Waals surface area (Å²) in [6.07, 6.45) is 0.267. The van der Waals surface area contributed by atoms with Crippen molar-refractivity contribution in [3.63, 3.8) is 0 Å². The van der Waals surface area contributed by atoms with Gasteiger partial charge in [0, 0.05) is 13.7 Å². The number of fused-ring (bicyclic) bond motifs is 1. The Morgan fingerprint density at radius 2 is 2.22 bits per heavy atom. The van der Waals surface area contributed by atoms with Crippen LogP contribution in [0.15, 0.2) is 16.4 Å². The fourth-order valence-corrected chi connectivity index (χ4v) is 6.28. The second-order valence-corrected chi connectivity index (χ2v) is 10.7. The number of carbonyl (C=O) groups excluding carboxylic acids is 1. The molecule has 1 amide bonds. The van der Waals surface area contributed by atoms with Crippen molar-refractivity contribution in [1.82, 2.24) is 9.62 Å². The first-order valence-electron chi connectivity index (χ1n) is 8.40. The maximum Gasteiger partial charge on any atom is 0.414 e. The van der Waals surface area contributed by atoms with Crippen molar-refractivity contribution in [3.05, 3.63) is 21.3 Å². The van der Waals surface area contributed by atoms with Gasteiger partial charge in [-0.15, -0.1) is 11.3 Å². The highest BCUT2D eigenvalue weighted by atomic mass is 35.5. The van der Waals surface area contributed by atoms with E-state index >= 15 is 0 Å². The molecule has 2 atom stereocenters. The molecule has 3 rings (SSSR count). The Hall–Kier alpha value is -1.36. The largest absolute Gasteiger partial charge is 0.444 e. The molecule has 1 unspecified atom stereocenters. The number of amides is 1. The Morgan fingerprint density at radius 3 is 2.81 bits per heavy atom. The van der Waals surface area contributed by atoms with E-state index in [1.807, 2.05) is 0 Å². The normalized spacial score (nSPS) is 27.5. The van der Waals surface area contributed by atoms with E-state index in [1.54, 1.807) is 32.2 Å². The van der Waals surface area contributed by atoms with E-state index in [2.05, 4.69) is 10.3 Å². The van der Waals surface area contributed by atoms with Gasteiger partial charge in [0.2, 0.25) is 11.4 Å². The Labute approximate surface area is 167 Å². The summed E-state index contributed by atoms with van der Waals surface area (Å²) < 4.78 is 38.1. The number of rotatable bonds is 1. The molecule has 2 aliphatic heterocycles. The molecule has 27 heavy (non-hydrogen) atoms. The highest BCUT2D eigenvalue weighted by molar-refractivity contribution is 7.90. The lowest BCUT2D eigenvalue weighted by Crippen LogP contribution is -2.61. The molecule has 1 aromatic rings. The van der Waals surface area contributed by atoms with Crippen LogP contribution in [0.3, 0.4) is 0 Å². The average molecular weight is 436 g/mol. The molecule has 1 N–H and O–H groups in total. The van der Waals surface area contributed by atoms with E-state index in [9.17, 15) is 13.2 Å². The third kappa shape index (κ3) is 3.67. The lowest BCUT2D eigenvalue weighted by molar-refractivity contribution is 0.00288. The van der Waals surface area contributed by atoms with E-state index in [0.717, 1.165) is 4.31 Å². The Kier molecular flexibility index (Phi) is 5.21. The first-order valence-corrected chi connectivity index (χ1v) is 11.2. The molecule has 0 spiro atoms. The number of alkyl carbamates (subject to hydrolysis) is 1. The first kappa shape index (κ1) is 20.4. The number of thiophene rings is 1. The first-order chi connectivity index (χ1) is 12.5. The summed E-state index contributed by atoms with van der Waals surface area (Å²) in [5.41, 5.74) is -3.15. The Bertz CT molecular complexity index is 877. The molecule has 1 fully saturated rings. The van der Waals surface area contributed by atoms with Crippen molar-refractivity contribution in [3.8, 4) is 0 Å². The standard InChI is InChI=1S/C16H22ClN3O5S2/c1-15(2,3)25-14(21)18-13-19-16(11-10(17)6-9-26-11)7-5-8-24-12(16)27(22,23)20(13)4/h6,9,12H,5,7-8H2,1-4H3,(H,18,19,21)/t12?,16-/m1/s1. The number of hydrogen-bond donors (Lipinski definition) is 1. The van der Waals surface area contributed by atoms with E-state index < -0.39 is 32.7 Å². The number of hydrogen-bond acceptors (Lipinski definition) is 7. The van der Waals surface area contributed by atoms with Gasteiger partial charge in [-0.2, -0.15) is 0 Å². The predicted molar refractivity (Wildman–Crippen MR) is 103 cm³/mol. The molecule has 0 bridgehead atoms. The molecule has 0 aliphatic carbocycles. The minimum absolute atomic E-state index is 0.115. The minimum atomic E-state index is -3.94. The molecular formula is C16H22ClN3O5S2. The van der Waals surface area contributed by atoms with Crippen LogP contribution in [-0.4, -0.2) is 49.5 Å². The number of ether oxygens (including phenoxy) is 2. The lowest BCUT2D eigenvalue weighted by Gasteiger charge is -2.45. The van der Waals surface area contributed by atoms with Gasteiger partial charge in [-0.05, 0) is 45.1 Å². The second-order valence-electron chi connectivity index (χ2n) is 7.40. The van der Waals surface area contributed by atoms with E-state index in [1.165, 1.54) is 18.4 Å². The number of carbonyl (C=O) groups is 1. The molecule has 2 aliphatic rings. The summed E-state index contributed by atoms with van der Waals surface area (Å²) in [5.74, 6) is -0.115. The molecular weight excluding hydrogens is 414 g/mol. The number of nitrogens with one attached hydrogen (secondary N) is 1. The fourth-order valence-electron chi connectivity index (χ4n) is 3.13. The van der Waals surface area contributed by atoms with Crippen molar-refractivity contribution in [2.75, 3.05) is 13.7 Å². The SMILES string of the molecule is CN1C(NC(=O)OC(C)(C)C)=N[C@@]2(c3sccc3Cl)CCCOC2S1(=O)=O. The molecule has 0 saturated carbocycles. The summed E-state index contributed by atoms with van der Waals surface area (Å²) in [4.78, 5) is 17.5.